The van der Waals surface area contributed by atoms with Gasteiger partial charge in [-0.3, -0.25) is 0 Å². The minimum Gasteiger partial charge on any atom is -0.354 e. The van der Waals surface area contributed by atoms with E-state index in [0.717, 1.165) is 5.56 Å². The normalized spacial score (nSPS) is 10.4. The fourth-order valence-electron chi connectivity index (χ4n) is 1.81. The fraction of sp³-hybridized carbons (Fsp3) is 0.286. The lowest BCUT2D eigenvalue weighted by atomic mass is 10.2. The molecule has 20 heavy (non-hydrogen) atoms. The van der Waals surface area contributed by atoms with E-state index in [1.807, 2.05) is 31.2 Å². The zero-order valence-electron chi connectivity index (χ0n) is 11.4. The van der Waals surface area contributed by atoms with E-state index in [2.05, 4.69) is 15.3 Å². The number of hydrogen-bond acceptors (Lipinski definition) is 4. The van der Waals surface area contributed by atoms with Crippen molar-refractivity contribution in [3.63, 3.8) is 0 Å². The first kappa shape index (κ1) is 14.5. The van der Waals surface area contributed by atoms with Crippen LogP contribution in [0, 0.1) is 5.82 Å². The molecule has 2 aromatic rings. The summed E-state index contributed by atoms with van der Waals surface area (Å²) in [5.74, 6) is 0.251. The summed E-state index contributed by atoms with van der Waals surface area (Å²) in [6, 6.07) is 7.43. The van der Waals surface area contributed by atoms with Crippen LogP contribution in [0.2, 0.25) is 5.02 Å². The molecule has 0 saturated carbocycles. The largest absolute Gasteiger partial charge is 0.354 e. The Morgan fingerprint density at radius 2 is 2.00 bits per heavy atom. The monoisotopic (exact) mass is 294 g/mol. The molecule has 2 rings (SSSR count). The third-order valence-corrected chi connectivity index (χ3v) is 3.01. The molecule has 1 aromatic heterocycles. The van der Waals surface area contributed by atoms with Crippen molar-refractivity contribution in [3.8, 4) is 0 Å². The van der Waals surface area contributed by atoms with Crippen molar-refractivity contribution in [2.45, 2.75) is 13.5 Å². The maximum Gasteiger partial charge on any atom is 0.224 e. The van der Waals surface area contributed by atoms with Crippen molar-refractivity contribution >= 4 is 23.4 Å². The molecule has 0 unspecified atom stereocenters. The highest BCUT2D eigenvalue weighted by Gasteiger charge is 2.12. The molecule has 0 aliphatic rings. The highest BCUT2D eigenvalue weighted by molar-refractivity contribution is 6.30. The number of anilines is 2. The van der Waals surface area contributed by atoms with E-state index in [-0.39, 0.29) is 5.82 Å². The van der Waals surface area contributed by atoms with Crippen molar-refractivity contribution in [2.75, 3.05) is 23.8 Å². The molecule has 106 valence electrons. The van der Waals surface area contributed by atoms with Gasteiger partial charge in [0.15, 0.2) is 11.6 Å². The van der Waals surface area contributed by atoms with Crippen molar-refractivity contribution in [2.24, 2.45) is 0 Å². The Kier molecular flexibility index (Phi) is 4.74. The fourth-order valence-corrected chi connectivity index (χ4v) is 1.93. The van der Waals surface area contributed by atoms with Gasteiger partial charge in [0.25, 0.3) is 0 Å². The summed E-state index contributed by atoms with van der Waals surface area (Å²) in [6.45, 7) is 3.16. The topological polar surface area (TPSA) is 41.1 Å². The zero-order chi connectivity index (χ0) is 14.5. The van der Waals surface area contributed by atoms with Crippen LogP contribution in [0.5, 0.6) is 0 Å². The molecule has 0 bridgehead atoms. The van der Waals surface area contributed by atoms with Crippen molar-refractivity contribution < 1.29 is 4.39 Å². The highest BCUT2D eigenvalue weighted by Crippen LogP contribution is 2.19. The second-order valence-electron chi connectivity index (χ2n) is 4.38. The van der Waals surface area contributed by atoms with Crippen LogP contribution in [0.25, 0.3) is 0 Å². The summed E-state index contributed by atoms with van der Waals surface area (Å²) in [7, 11) is 1.79. The van der Waals surface area contributed by atoms with E-state index in [0.29, 0.717) is 24.1 Å². The van der Waals surface area contributed by atoms with Gasteiger partial charge in [-0.15, -0.1) is 0 Å². The summed E-state index contributed by atoms with van der Waals surface area (Å²) in [5.41, 5.74) is 1.03. The molecule has 1 N–H and O–H groups in total. The first-order valence-electron chi connectivity index (χ1n) is 6.32. The molecule has 0 spiro atoms. The molecule has 6 heteroatoms. The highest BCUT2D eigenvalue weighted by atomic mass is 35.5. The summed E-state index contributed by atoms with van der Waals surface area (Å²) in [5, 5.41) is 3.65. The minimum atomic E-state index is -0.442. The van der Waals surface area contributed by atoms with Gasteiger partial charge in [0, 0.05) is 25.2 Å². The van der Waals surface area contributed by atoms with E-state index in [1.54, 1.807) is 11.9 Å². The van der Waals surface area contributed by atoms with E-state index < -0.39 is 5.82 Å². The van der Waals surface area contributed by atoms with Gasteiger partial charge in [-0.1, -0.05) is 23.7 Å². The lowest BCUT2D eigenvalue weighted by molar-refractivity contribution is 0.607. The smallest absolute Gasteiger partial charge is 0.224 e. The Balaban J connectivity index is 2.17. The third kappa shape index (κ3) is 3.57. The molecule has 0 aliphatic carbocycles. The van der Waals surface area contributed by atoms with E-state index in [9.17, 15) is 4.39 Å². The van der Waals surface area contributed by atoms with Gasteiger partial charge in [-0.05, 0) is 24.6 Å². The number of benzene rings is 1. The van der Waals surface area contributed by atoms with Crippen LogP contribution in [-0.2, 0) is 6.54 Å². The summed E-state index contributed by atoms with van der Waals surface area (Å²) in [6.07, 6.45) is 1.18. The lowest BCUT2D eigenvalue weighted by Gasteiger charge is -2.19. The number of rotatable bonds is 5. The van der Waals surface area contributed by atoms with Crippen molar-refractivity contribution in [1.29, 1.82) is 0 Å². The number of aromatic nitrogens is 2. The number of halogens is 2. The SMILES string of the molecule is CCNc1ncc(F)c(N(C)Cc2ccc(Cl)cc2)n1. The maximum atomic E-state index is 13.8. The van der Waals surface area contributed by atoms with E-state index in [4.69, 9.17) is 11.6 Å². The Hall–Kier alpha value is -1.88. The Labute approximate surface area is 122 Å². The molecule has 1 heterocycles. The number of hydrogen-bond donors (Lipinski definition) is 1. The lowest BCUT2D eigenvalue weighted by Crippen LogP contribution is -2.20. The van der Waals surface area contributed by atoms with Gasteiger partial charge in [-0.25, -0.2) is 9.37 Å². The molecule has 0 atom stereocenters. The first-order chi connectivity index (χ1) is 9.60. The van der Waals surface area contributed by atoms with Crippen molar-refractivity contribution in [1.82, 2.24) is 9.97 Å². The average Bonchev–Trinajstić information content (AvgIpc) is 2.43. The maximum absolute atomic E-state index is 13.8. The van der Waals surface area contributed by atoms with Crippen LogP contribution >= 0.6 is 11.6 Å². The minimum absolute atomic E-state index is 0.269. The van der Waals surface area contributed by atoms with Crippen LogP contribution in [0.15, 0.2) is 30.5 Å². The molecular formula is C14H16ClFN4. The van der Waals surface area contributed by atoms with E-state index >= 15 is 0 Å². The standard InChI is InChI=1S/C14H16ClFN4/c1-3-17-14-18-8-12(16)13(19-14)20(2)9-10-4-6-11(15)7-5-10/h4-8H,3,9H2,1-2H3,(H,17,18,19). The molecular weight excluding hydrogens is 279 g/mol. The molecule has 0 radical (unpaired) electrons. The predicted molar refractivity (Wildman–Crippen MR) is 79.7 cm³/mol. The van der Waals surface area contributed by atoms with E-state index in [1.165, 1.54) is 6.20 Å². The average molecular weight is 295 g/mol. The molecule has 0 amide bonds. The van der Waals surface area contributed by atoms with Gasteiger partial charge in [0.05, 0.1) is 6.20 Å². The van der Waals surface area contributed by atoms with Crippen LogP contribution in [0.4, 0.5) is 16.2 Å². The zero-order valence-corrected chi connectivity index (χ0v) is 12.2. The Bertz CT molecular complexity index is 574. The predicted octanol–water partition coefficient (Wildman–Crippen LogP) is 3.34. The van der Waals surface area contributed by atoms with Gasteiger partial charge in [-0.2, -0.15) is 4.98 Å². The second-order valence-corrected chi connectivity index (χ2v) is 4.81. The summed E-state index contributed by atoms with van der Waals surface area (Å²) < 4.78 is 13.8. The first-order valence-corrected chi connectivity index (χ1v) is 6.70. The second kappa shape index (κ2) is 6.52. The van der Waals surface area contributed by atoms with Crippen LogP contribution in [-0.4, -0.2) is 23.6 Å². The third-order valence-electron chi connectivity index (χ3n) is 2.76. The molecule has 0 saturated heterocycles. The van der Waals surface area contributed by atoms with Crippen molar-refractivity contribution in [3.05, 3.63) is 46.9 Å². The van der Waals surface area contributed by atoms with Crippen LogP contribution < -0.4 is 10.2 Å². The summed E-state index contributed by atoms with van der Waals surface area (Å²) >= 11 is 5.84. The number of nitrogens with zero attached hydrogens (tertiary/aromatic N) is 3. The molecule has 0 fully saturated rings. The molecule has 1 aromatic carbocycles. The van der Waals surface area contributed by atoms with Crippen LogP contribution in [0.1, 0.15) is 12.5 Å². The Morgan fingerprint density at radius 1 is 1.30 bits per heavy atom. The quantitative estimate of drug-likeness (QED) is 0.918. The summed E-state index contributed by atoms with van der Waals surface area (Å²) in [4.78, 5) is 9.80. The number of nitrogens with one attached hydrogen (secondary N) is 1. The van der Waals surface area contributed by atoms with Crippen LogP contribution in [0.3, 0.4) is 0 Å². The molecule has 0 aliphatic heterocycles. The van der Waals surface area contributed by atoms with Gasteiger partial charge in [0.2, 0.25) is 5.95 Å². The van der Waals surface area contributed by atoms with Gasteiger partial charge in [0.1, 0.15) is 0 Å². The van der Waals surface area contributed by atoms with Gasteiger partial charge < -0.3 is 10.2 Å². The Morgan fingerprint density at radius 3 is 2.65 bits per heavy atom. The van der Waals surface area contributed by atoms with Gasteiger partial charge >= 0.3 is 0 Å². The molecule has 4 nitrogen and oxygen atoms in total.